The maximum Gasteiger partial charge on any atom is 0.291 e. The zero-order valence-corrected chi connectivity index (χ0v) is 18.7. The number of anilines is 1. The predicted octanol–water partition coefficient (Wildman–Crippen LogP) is 5.99. The molecule has 0 aliphatic heterocycles. The van der Waals surface area contributed by atoms with Gasteiger partial charge < -0.3 is 9.73 Å². The topological polar surface area (TPSA) is 116 Å². The van der Waals surface area contributed by atoms with Gasteiger partial charge in [0.15, 0.2) is 5.76 Å². The van der Waals surface area contributed by atoms with Crippen molar-refractivity contribution in [2.75, 3.05) is 5.32 Å². The number of nitro benzene ring substituents is 1. The standard InChI is InChI=1S/C27H17N5O4/c33-27(26-15-14-25(36-26)20-9-3-4-10-24(20)32(34)35)28-18-12-13-21-22(16-18)30-31(29-21)23-11-5-7-17-6-1-2-8-19(17)23/h1-16H,(H,28,33). The van der Waals surface area contributed by atoms with E-state index >= 15 is 0 Å². The fourth-order valence-electron chi connectivity index (χ4n) is 4.12. The van der Waals surface area contributed by atoms with Crippen LogP contribution in [0.25, 0.3) is 38.8 Å². The molecule has 9 nitrogen and oxygen atoms in total. The van der Waals surface area contributed by atoms with Crippen LogP contribution in [0.4, 0.5) is 11.4 Å². The highest BCUT2D eigenvalue weighted by molar-refractivity contribution is 6.03. The molecule has 0 aliphatic rings. The van der Waals surface area contributed by atoms with Crippen molar-refractivity contribution in [2.45, 2.75) is 0 Å². The molecule has 174 valence electrons. The Morgan fingerprint density at radius 2 is 1.64 bits per heavy atom. The van der Waals surface area contributed by atoms with Gasteiger partial charge in [0.1, 0.15) is 16.8 Å². The molecule has 0 fully saturated rings. The van der Waals surface area contributed by atoms with Crippen LogP contribution in [0.15, 0.2) is 101 Å². The average Bonchev–Trinajstić information content (AvgIpc) is 3.56. The van der Waals surface area contributed by atoms with Crippen molar-refractivity contribution in [3.63, 3.8) is 0 Å². The molecule has 0 bridgehead atoms. The minimum atomic E-state index is -0.488. The van der Waals surface area contributed by atoms with Crippen LogP contribution in [0, 0.1) is 10.1 Å². The lowest BCUT2D eigenvalue weighted by atomic mass is 10.1. The Morgan fingerprint density at radius 3 is 2.53 bits per heavy atom. The molecule has 0 radical (unpaired) electrons. The van der Waals surface area contributed by atoms with Gasteiger partial charge >= 0.3 is 0 Å². The SMILES string of the molecule is O=C(Nc1ccc2nn(-c3cccc4ccccc34)nc2c1)c1ccc(-c2ccccc2[N+](=O)[O-])o1. The van der Waals surface area contributed by atoms with Gasteiger partial charge in [-0.3, -0.25) is 14.9 Å². The molecule has 0 saturated heterocycles. The average molecular weight is 475 g/mol. The van der Waals surface area contributed by atoms with E-state index in [0.29, 0.717) is 22.3 Å². The van der Waals surface area contributed by atoms with Crippen molar-refractivity contribution in [3.05, 3.63) is 113 Å². The molecular weight excluding hydrogens is 458 g/mol. The summed E-state index contributed by atoms with van der Waals surface area (Å²) >= 11 is 0. The minimum Gasteiger partial charge on any atom is -0.451 e. The fraction of sp³-hybridized carbons (Fsp3) is 0. The lowest BCUT2D eigenvalue weighted by Crippen LogP contribution is -2.10. The van der Waals surface area contributed by atoms with Crippen LogP contribution in [-0.4, -0.2) is 25.8 Å². The van der Waals surface area contributed by atoms with Gasteiger partial charge in [-0.25, -0.2) is 0 Å². The summed E-state index contributed by atoms with van der Waals surface area (Å²) < 4.78 is 5.64. The van der Waals surface area contributed by atoms with Crippen LogP contribution >= 0.6 is 0 Å². The van der Waals surface area contributed by atoms with E-state index in [9.17, 15) is 14.9 Å². The molecule has 1 N–H and O–H groups in total. The third-order valence-electron chi connectivity index (χ3n) is 5.82. The van der Waals surface area contributed by atoms with Crippen LogP contribution in [0.3, 0.4) is 0 Å². The smallest absolute Gasteiger partial charge is 0.291 e. The summed E-state index contributed by atoms with van der Waals surface area (Å²) in [4.78, 5) is 25.2. The molecule has 6 aromatic rings. The van der Waals surface area contributed by atoms with E-state index in [-0.39, 0.29) is 17.2 Å². The van der Waals surface area contributed by atoms with Crippen molar-refractivity contribution in [1.29, 1.82) is 0 Å². The van der Waals surface area contributed by atoms with Crippen LogP contribution in [-0.2, 0) is 0 Å². The van der Waals surface area contributed by atoms with E-state index in [4.69, 9.17) is 4.42 Å². The van der Waals surface area contributed by atoms with Crippen molar-refractivity contribution in [2.24, 2.45) is 0 Å². The molecule has 36 heavy (non-hydrogen) atoms. The highest BCUT2D eigenvalue weighted by atomic mass is 16.6. The van der Waals surface area contributed by atoms with Gasteiger partial charge in [-0.15, -0.1) is 15.0 Å². The lowest BCUT2D eigenvalue weighted by Gasteiger charge is -2.04. The number of nitrogens with one attached hydrogen (secondary N) is 1. The number of nitrogens with zero attached hydrogens (tertiary/aromatic N) is 4. The predicted molar refractivity (Wildman–Crippen MR) is 135 cm³/mol. The Bertz CT molecular complexity index is 1780. The number of carbonyl (C=O) groups excluding carboxylic acids is 1. The summed E-state index contributed by atoms with van der Waals surface area (Å²) in [6.45, 7) is 0. The Kier molecular flexibility index (Phi) is 5.00. The highest BCUT2D eigenvalue weighted by Gasteiger charge is 2.19. The monoisotopic (exact) mass is 475 g/mol. The number of nitro groups is 1. The van der Waals surface area contributed by atoms with E-state index in [1.807, 2.05) is 42.5 Å². The van der Waals surface area contributed by atoms with Gasteiger partial charge in [-0.1, -0.05) is 48.5 Å². The van der Waals surface area contributed by atoms with Crippen LogP contribution < -0.4 is 5.32 Å². The van der Waals surface area contributed by atoms with E-state index in [1.165, 1.54) is 18.2 Å². The number of rotatable bonds is 5. The first-order valence-corrected chi connectivity index (χ1v) is 11.1. The number of benzene rings is 4. The van der Waals surface area contributed by atoms with Gasteiger partial charge in [-0.05, 0) is 47.9 Å². The zero-order valence-electron chi connectivity index (χ0n) is 18.7. The second-order valence-electron chi connectivity index (χ2n) is 8.08. The summed E-state index contributed by atoms with van der Waals surface area (Å²) in [5.74, 6) is -0.218. The number of furan rings is 1. The molecule has 0 unspecified atom stereocenters. The van der Waals surface area contributed by atoms with Crippen molar-refractivity contribution < 1.29 is 14.1 Å². The largest absolute Gasteiger partial charge is 0.451 e. The summed E-state index contributed by atoms with van der Waals surface area (Å²) in [5, 5.41) is 25.4. The number of carbonyl (C=O) groups is 1. The molecule has 0 spiro atoms. The summed E-state index contributed by atoms with van der Waals surface area (Å²) in [5.41, 5.74) is 2.86. The Balaban J connectivity index is 1.27. The zero-order chi connectivity index (χ0) is 24.6. The van der Waals surface area contributed by atoms with Gasteiger partial charge in [0, 0.05) is 17.1 Å². The summed E-state index contributed by atoms with van der Waals surface area (Å²) in [7, 11) is 0. The van der Waals surface area contributed by atoms with Crippen LogP contribution in [0.5, 0.6) is 0 Å². The molecule has 0 aliphatic carbocycles. The van der Waals surface area contributed by atoms with Crippen molar-refractivity contribution in [1.82, 2.24) is 15.0 Å². The van der Waals surface area contributed by atoms with Crippen LogP contribution in [0.2, 0.25) is 0 Å². The highest BCUT2D eigenvalue weighted by Crippen LogP contribution is 2.31. The van der Waals surface area contributed by atoms with Gasteiger partial charge in [-0.2, -0.15) is 0 Å². The Hall–Kier alpha value is -5.31. The molecule has 4 aromatic carbocycles. The number of para-hydroxylation sites is 1. The second-order valence-corrected chi connectivity index (χ2v) is 8.08. The first-order valence-electron chi connectivity index (χ1n) is 11.1. The number of amides is 1. The summed E-state index contributed by atoms with van der Waals surface area (Å²) in [6.07, 6.45) is 0. The van der Waals surface area contributed by atoms with E-state index in [1.54, 1.807) is 41.2 Å². The van der Waals surface area contributed by atoms with E-state index in [2.05, 4.69) is 15.5 Å². The fourth-order valence-corrected chi connectivity index (χ4v) is 4.12. The first-order chi connectivity index (χ1) is 17.6. The van der Waals surface area contributed by atoms with E-state index < -0.39 is 10.8 Å². The molecule has 2 heterocycles. The number of fused-ring (bicyclic) bond motifs is 2. The quantitative estimate of drug-likeness (QED) is 0.242. The third-order valence-corrected chi connectivity index (χ3v) is 5.82. The van der Waals surface area contributed by atoms with Gasteiger partial charge in [0.2, 0.25) is 0 Å². The summed E-state index contributed by atoms with van der Waals surface area (Å²) in [6, 6.07) is 28.4. The molecule has 1 amide bonds. The molecule has 2 aromatic heterocycles. The Morgan fingerprint density at radius 1 is 0.861 bits per heavy atom. The number of hydrogen-bond acceptors (Lipinski definition) is 6. The maximum atomic E-state index is 12.8. The number of aromatic nitrogens is 3. The minimum absolute atomic E-state index is 0.0302. The maximum absolute atomic E-state index is 12.8. The lowest BCUT2D eigenvalue weighted by molar-refractivity contribution is -0.384. The molecule has 0 saturated carbocycles. The van der Waals surface area contributed by atoms with Crippen molar-refractivity contribution in [3.8, 4) is 17.0 Å². The van der Waals surface area contributed by atoms with Gasteiger partial charge in [0.25, 0.3) is 11.6 Å². The van der Waals surface area contributed by atoms with Crippen LogP contribution in [0.1, 0.15) is 10.6 Å². The third kappa shape index (κ3) is 3.74. The second kappa shape index (κ2) is 8.48. The normalized spacial score (nSPS) is 11.1. The molecular formula is C27H17N5O4. The first kappa shape index (κ1) is 21.2. The molecule has 9 heteroatoms. The number of hydrogen-bond donors (Lipinski definition) is 1. The molecule has 0 atom stereocenters. The molecule has 6 rings (SSSR count). The van der Waals surface area contributed by atoms with Gasteiger partial charge in [0.05, 0.1) is 16.2 Å². The van der Waals surface area contributed by atoms with Crippen molar-refractivity contribution >= 4 is 39.1 Å². The van der Waals surface area contributed by atoms with E-state index in [0.717, 1.165) is 16.5 Å². The Labute approximate surface area is 203 Å².